The van der Waals surface area contributed by atoms with Crippen molar-refractivity contribution in [3.63, 3.8) is 0 Å². The van der Waals surface area contributed by atoms with Crippen LogP contribution in [0, 0.1) is 11.6 Å². The van der Waals surface area contributed by atoms with Crippen LogP contribution in [-0.4, -0.2) is 37.6 Å². The van der Waals surface area contributed by atoms with E-state index in [4.69, 9.17) is 0 Å². The number of hydrogen-bond donors (Lipinski definition) is 1. The summed E-state index contributed by atoms with van der Waals surface area (Å²) in [7, 11) is 0. The lowest BCUT2D eigenvalue weighted by molar-refractivity contribution is 0.253. The zero-order valence-corrected chi connectivity index (χ0v) is 16.9. The summed E-state index contributed by atoms with van der Waals surface area (Å²) in [5, 5.41) is 3.37. The standard InChI is InChI=1S/C24H29F2N3/c1-18-5-7-20-16-19(6-10-24(20)27-18)4-2-3-11-28-12-14-29(15-13-28)21-8-9-22(25)23(26)17-21/h6,8-10,16-17,27H,1-5,7,11-15H2. The molecule has 0 unspecified atom stereocenters. The molecular formula is C24H29F2N3. The Kier molecular flexibility index (Phi) is 6.14. The third kappa shape index (κ3) is 4.96. The van der Waals surface area contributed by atoms with Crippen molar-refractivity contribution in [2.24, 2.45) is 0 Å². The van der Waals surface area contributed by atoms with Crippen LogP contribution in [0.1, 0.15) is 30.4 Å². The van der Waals surface area contributed by atoms with Crippen molar-refractivity contribution in [3.05, 3.63) is 71.4 Å². The molecule has 2 aromatic carbocycles. The number of piperazine rings is 1. The van der Waals surface area contributed by atoms with E-state index in [0.29, 0.717) is 0 Å². The van der Waals surface area contributed by atoms with Crippen LogP contribution in [0.4, 0.5) is 20.2 Å². The Morgan fingerprint density at radius 2 is 1.72 bits per heavy atom. The van der Waals surface area contributed by atoms with Gasteiger partial charge in [0.1, 0.15) is 0 Å². The first-order chi connectivity index (χ1) is 14.1. The first kappa shape index (κ1) is 19.9. The molecule has 29 heavy (non-hydrogen) atoms. The van der Waals surface area contributed by atoms with Gasteiger partial charge in [-0.1, -0.05) is 18.7 Å². The summed E-state index contributed by atoms with van der Waals surface area (Å²) in [4.78, 5) is 4.60. The highest BCUT2D eigenvalue weighted by Gasteiger charge is 2.18. The van der Waals surface area contributed by atoms with Crippen molar-refractivity contribution in [1.82, 2.24) is 4.90 Å². The van der Waals surface area contributed by atoms with E-state index in [1.807, 2.05) is 0 Å². The highest BCUT2D eigenvalue weighted by molar-refractivity contribution is 5.58. The fourth-order valence-electron chi connectivity index (χ4n) is 4.25. The molecule has 1 saturated heterocycles. The molecule has 0 saturated carbocycles. The Labute approximate surface area is 172 Å². The van der Waals surface area contributed by atoms with Crippen molar-refractivity contribution >= 4 is 11.4 Å². The van der Waals surface area contributed by atoms with Crippen molar-refractivity contribution in [3.8, 4) is 0 Å². The highest BCUT2D eigenvalue weighted by atomic mass is 19.2. The molecular weight excluding hydrogens is 368 g/mol. The van der Waals surface area contributed by atoms with Gasteiger partial charge in [-0.3, -0.25) is 4.90 Å². The minimum atomic E-state index is -0.784. The smallest absolute Gasteiger partial charge is 0.160 e. The Hall–Kier alpha value is -2.40. The highest BCUT2D eigenvalue weighted by Crippen LogP contribution is 2.27. The molecule has 5 heteroatoms. The van der Waals surface area contributed by atoms with Crippen LogP contribution >= 0.6 is 0 Å². The second kappa shape index (κ2) is 8.95. The molecule has 2 aliphatic rings. The Balaban J connectivity index is 1.18. The minimum absolute atomic E-state index is 0.771. The summed E-state index contributed by atoms with van der Waals surface area (Å²) >= 11 is 0. The number of benzene rings is 2. The van der Waals surface area contributed by atoms with Gasteiger partial charge >= 0.3 is 0 Å². The van der Waals surface area contributed by atoms with E-state index in [2.05, 4.69) is 39.9 Å². The van der Waals surface area contributed by atoms with Crippen LogP contribution < -0.4 is 10.2 Å². The summed E-state index contributed by atoms with van der Waals surface area (Å²) in [6.45, 7) is 8.76. The maximum absolute atomic E-state index is 13.4. The number of rotatable bonds is 6. The van der Waals surface area contributed by atoms with E-state index in [1.54, 1.807) is 6.07 Å². The Bertz CT molecular complexity index is 872. The maximum Gasteiger partial charge on any atom is 0.160 e. The number of unbranched alkanes of at least 4 members (excludes halogenated alkanes) is 1. The molecule has 2 aliphatic heterocycles. The van der Waals surface area contributed by atoms with Crippen LogP contribution in [0.3, 0.4) is 0 Å². The van der Waals surface area contributed by atoms with Gasteiger partial charge < -0.3 is 10.2 Å². The van der Waals surface area contributed by atoms with Gasteiger partial charge in [0.2, 0.25) is 0 Å². The van der Waals surface area contributed by atoms with E-state index in [1.165, 1.54) is 41.8 Å². The van der Waals surface area contributed by atoms with Gasteiger partial charge in [0.25, 0.3) is 0 Å². The molecule has 1 N–H and O–H groups in total. The minimum Gasteiger partial charge on any atom is -0.369 e. The van der Waals surface area contributed by atoms with Crippen molar-refractivity contribution < 1.29 is 8.78 Å². The number of aryl methyl sites for hydroxylation is 2. The predicted molar refractivity (Wildman–Crippen MR) is 115 cm³/mol. The average Bonchev–Trinajstić information content (AvgIpc) is 2.74. The van der Waals surface area contributed by atoms with Gasteiger partial charge in [0.05, 0.1) is 0 Å². The predicted octanol–water partition coefficient (Wildman–Crippen LogP) is 4.98. The van der Waals surface area contributed by atoms with Gasteiger partial charge in [-0.25, -0.2) is 8.78 Å². The molecule has 0 amide bonds. The van der Waals surface area contributed by atoms with Gasteiger partial charge in [-0.15, -0.1) is 0 Å². The average molecular weight is 398 g/mol. The Morgan fingerprint density at radius 1 is 0.897 bits per heavy atom. The summed E-state index contributed by atoms with van der Waals surface area (Å²) in [5.74, 6) is -1.55. The molecule has 0 atom stereocenters. The third-order valence-electron chi connectivity index (χ3n) is 6.01. The lowest BCUT2D eigenvalue weighted by Gasteiger charge is -2.36. The third-order valence-corrected chi connectivity index (χ3v) is 6.01. The molecule has 4 rings (SSSR count). The summed E-state index contributed by atoms with van der Waals surface area (Å²) in [6.07, 6.45) is 5.58. The molecule has 1 fully saturated rings. The van der Waals surface area contributed by atoms with Crippen LogP contribution in [0.2, 0.25) is 0 Å². The number of hydrogen-bond acceptors (Lipinski definition) is 3. The van der Waals surface area contributed by atoms with E-state index in [0.717, 1.165) is 63.4 Å². The zero-order chi connectivity index (χ0) is 20.2. The molecule has 0 aliphatic carbocycles. The lowest BCUT2D eigenvalue weighted by Crippen LogP contribution is -2.46. The number of anilines is 2. The number of nitrogens with one attached hydrogen (secondary N) is 1. The summed E-state index contributed by atoms with van der Waals surface area (Å²) < 4.78 is 26.6. The van der Waals surface area contributed by atoms with E-state index in [-0.39, 0.29) is 0 Å². The monoisotopic (exact) mass is 397 g/mol. The molecule has 0 radical (unpaired) electrons. The Morgan fingerprint density at radius 3 is 2.52 bits per heavy atom. The molecule has 154 valence electrons. The second-order valence-electron chi connectivity index (χ2n) is 8.10. The molecule has 0 bridgehead atoms. The number of halogens is 2. The summed E-state index contributed by atoms with van der Waals surface area (Å²) in [6, 6.07) is 10.9. The van der Waals surface area contributed by atoms with E-state index in [9.17, 15) is 8.78 Å². The van der Waals surface area contributed by atoms with Crippen LogP contribution in [-0.2, 0) is 12.8 Å². The number of nitrogens with zero attached hydrogens (tertiary/aromatic N) is 2. The molecule has 0 spiro atoms. The lowest BCUT2D eigenvalue weighted by atomic mass is 9.97. The summed E-state index contributed by atoms with van der Waals surface area (Å²) in [5.41, 5.74) is 5.91. The van der Waals surface area contributed by atoms with Crippen molar-refractivity contribution in [2.45, 2.75) is 32.1 Å². The molecule has 3 nitrogen and oxygen atoms in total. The van der Waals surface area contributed by atoms with Gasteiger partial charge in [-0.2, -0.15) is 0 Å². The van der Waals surface area contributed by atoms with Gasteiger partial charge in [-0.05, 0) is 68.0 Å². The van der Waals surface area contributed by atoms with Crippen molar-refractivity contribution in [2.75, 3.05) is 42.9 Å². The van der Waals surface area contributed by atoms with Gasteiger partial charge in [0, 0.05) is 49.3 Å². The maximum atomic E-state index is 13.4. The largest absolute Gasteiger partial charge is 0.369 e. The molecule has 2 aromatic rings. The van der Waals surface area contributed by atoms with Crippen LogP contribution in [0.5, 0.6) is 0 Å². The first-order valence-electron chi connectivity index (χ1n) is 10.6. The second-order valence-corrected chi connectivity index (χ2v) is 8.10. The van der Waals surface area contributed by atoms with Crippen molar-refractivity contribution in [1.29, 1.82) is 0 Å². The quantitative estimate of drug-likeness (QED) is 0.694. The SMILES string of the molecule is C=C1CCc2cc(CCCCN3CCN(c4ccc(F)c(F)c4)CC3)ccc2N1. The van der Waals surface area contributed by atoms with Crippen LogP contribution in [0.15, 0.2) is 48.7 Å². The molecule has 2 heterocycles. The normalized spacial score (nSPS) is 17.2. The fourth-order valence-corrected chi connectivity index (χ4v) is 4.25. The van der Waals surface area contributed by atoms with E-state index >= 15 is 0 Å². The number of allylic oxidation sites excluding steroid dienone is 1. The molecule has 0 aromatic heterocycles. The van der Waals surface area contributed by atoms with E-state index < -0.39 is 11.6 Å². The van der Waals surface area contributed by atoms with Gasteiger partial charge in [0.15, 0.2) is 11.6 Å². The number of fused-ring (bicyclic) bond motifs is 1. The zero-order valence-electron chi connectivity index (χ0n) is 16.9. The fraction of sp³-hybridized carbons (Fsp3) is 0.417. The first-order valence-corrected chi connectivity index (χ1v) is 10.6. The van der Waals surface area contributed by atoms with Crippen LogP contribution in [0.25, 0.3) is 0 Å². The topological polar surface area (TPSA) is 18.5 Å².